The van der Waals surface area contributed by atoms with Crippen LogP contribution in [0.25, 0.3) is 6.08 Å². The van der Waals surface area contributed by atoms with E-state index >= 15 is 0 Å². The van der Waals surface area contributed by atoms with Crippen molar-refractivity contribution in [3.63, 3.8) is 0 Å². The number of hydrogen-bond acceptors (Lipinski definition) is 4. The van der Waals surface area contributed by atoms with Crippen molar-refractivity contribution in [1.29, 1.82) is 0 Å². The summed E-state index contributed by atoms with van der Waals surface area (Å²) in [4.78, 5) is 38.8. The van der Waals surface area contributed by atoms with Gasteiger partial charge in [-0.3, -0.25) is 20.0 Å². The lowest BCUT2D eigenvalue weighted by Gasteiger charge is -2.14. The third kappa shape index (κ3) is 4.74. The molecule has 0 unspecified atom stereocenters. The zero-order valence-electron chi connectivity index (χ0n) is 10.9. The normalized spacial score (nSPS) is 9.45. The maximum atomic E-state index is 11.9. The van der Waals surface area contributed by atoms with E-state index in [2.05, 4.69) is 22.3 Å². The summed E-state index contributed by atoms with van der Waals surface area (Å²) in [6.07, 6.45) is 4.67. The van der Waals surface area contributed by atoms with Gasteiger partial charge in [-0.2, -0.15) is 0 Å². The Morgan fingerprint density at radius 1 is 1.45 bits per heavy atom. The van der Waals surface area contributed by atoms with Gasteiger partial charge in [0.25, 0.3) is 5.91 Å². The van der Waals surface area contributed by atoms with E-state index in [4.69, 9.17) is 0 Å². The number of urea groups is 1. The second-order valence-corrected chi connectivity index (χ2v) is 3.51. The first kappa shape index (κ1) is 15.1. The van der Waals surface area contributed by atoms with Crippen molar-refractivity contribution in [3.8, 4) is 12.0 Å². The van der Waals surface area contributed by atoms with Gasteiger partial charge in [-0.05, 0) is 25.1 Å². The van der Waals surface area contributed by atoms with Crippen LogP contribution in [-0.2, 0) is 9.59 Å². The standard InChI is InChI=1S/C14H13N3O3/c1-2-8-16-14(20)17(10-11-18)13(19)7-6-12-5-3-4-9-15-12/h3-7,9,11H,10H2,1H3,(H,16,20). The Morgan fingerprint density at radius 2 is 2.25 bits per heavy atom. The summed E-state index contributed by atoms with van der Waals surface area (Å²) in [5.74, 6) is 1.83. The van der Waals surface area contributed by atoms with Gasteiger partial charge in [-0.25, -0.2) is 4.79 Å². The monoisotopic (exact) mass is 271 g/mol. The first-order valence-corrected chi connectivity index (χ1v) is 5.75. The van der Waals surface area contributed by atoms with Gasteiger partial charge in [0.15, 0.2) is 0 Å². The second-order valence-electron chi connectivity index (χ2n) is 3.51. The third-order valence-corrected chi connectivity index (χ3v) is 2.15. The predicted octanol–water partition coefficient (Wildman–Crippen LogP) is 0.813. The van der Waals surface area contributed by atoms with E-state index in [0.717, 1.165) is 4.90 Å². The molecule has 0 aliphatic rings. The van der Waals surface area contributed by atoms with Crippen molar-refractivity contribution in [2.24, 2.45) is 0 Å². The molecule has 1 rings (SSSR count). The summed E-state index contributed by atoms with van der Waals surface area (Å²) < 4.78 is 0. The van der Waals surface area contributed by atoms with E-state index in [-0.39, 0.29) is 6.54 Å². The SMILES string of the molecule is CC#CNC(=O)N(CC=O)C(=O)C=Cc1ccccn1. The highest BCUT2D eigenvalue weighted by Gasteiger charge is 2.17. The molecule has 6 heteroatoms. The van der Waals surface area contributed by atoms with Crippen LogP contribution >= 0.6 is 0 Å². The van der Waals surface area contributed by atoms with Crippen LogP contribution in [0.2, 0.25) is 0 Å². The van der Waals surface area contributed by atoms with Crippen LogP contribution < -0.4 is 5.32 Å². The van der Waals surface area contributed by atoms with Gasteiger partial charge < -0.3 is 4.79 Å². The Balaban J connectivity index is 2.77. The molecular formula is C14H13N3O3. The fourth-order valence-corrected chi connectivity index (χ4v) is 1.25. The first-order chi connectivity index (χ1) is 9.69. The Bertz CT molecular complexity index is 570. The van der Waals surface area contributed by atoms with Crippen molar-refractivity contribution in [2.45, 2.75) is 6.92 Å². The quantitative estimate of drug-likeness (QED) is 0.380. The van der Waals surface area contributed by atoms with E-state index in [1.54, 1.807) is 24.4 Å². The molecule has 1 heterocycles. The van der Waals surface area contributed by atoms with Crippen LogP contribution in [0.4, 0.5) is 4.79 Å². The summed E-state index contributed by atoms with van der Waals surface area (Å²) >= 11 is 0. The average Bonchev–Trinajstić information content (AvgIpc) is 2.49. The number of carbonyl (C=O) groups is 3. The minimum atomic E-state index is -0.748. The van der Waals surface area contributed by atoms with Crippen molar-refractivity contribution in [2.75, 3.05) is 6.54 Å². The van der Waals surface area contributed by atoms with Gasteiger partial charge in [-0.15, -0.1) is 0 Å². The summed E-state index contributed by atoms with van der Waals surface area (Å²) in [6.45, 7) is 1.19. The summed E-state index contributed by atoms with van der Waals surface area (Å²) in [7, 11) is 0. The number of aromatic nitrogens is 1. The molecule has 0 saturated carbocycles. The Kier molecular flexibility index (Phi) is 6.21. The molecule has 1 aromatic rings. The molecule has 0 spiro atoms. The minimum Gasteiger partial charge on any atom is -0.301 e. The second kappa shape index (κ2) is 8.21. The van der Waals surface area contributed by atoms with Crippen molar-refractivity contribution < 1.29 is 14.4 Å². The van der Waals surface area contributed by atoms with E-state index in [9.17, 15) is 14.4 Å². The van der Waals surface area contributed by atoms with E-state index in [0.29, 0.717) is 12.0 Å². The zero-order valence-corrected chi connectivity index (χ0v) is 10.9. The molecule has 20 heavy (non-hydrogen) atoms. The number of pyridine rings is 1. The van der Waals surface area contributed by atoms with Gasteiger partial charge in [0.2, 0.25) is 0 Å². The first-order valence-electron chi connectivity index (χ1n) is 5.75. The lowest BCUT2D eigenvalue weighted by atomic mass is 10.3. The number of imide groups is 1. The minimum absolute atomic E-state index is 0.345. The molecule has 6 nitrogen and oxygen atoms in total. The van der Waals surface area contributed by atoms with E-state index < -0.39 is 11.9 Å². The van der Waals surface area contributed by atoms with Crippen LogP contribution in [0.1, 0.15) is 12.6 Å². The van der Waals surface area contributed by atoms with Crippen LogP contribution in [0, 0.1) is 12.0 Å². The van der Waals surface area contributed by atoms with Gasteiger partial charge in [0.1, 0.15) is 6.29 Å². The molecule has 1 N–H and O–H groups in total. The van der Waals surface area contributed by atoms with Crippen molar-refractivity contribution in [1.82, 2.24) is 15.2 Å². The number of hydrogen-bond donors (Lipinski definition) is 1. The third-order valence-electron chi connectivity index (χ3n) is 2.15. The molecule has 0 radical (unpaired) electrons. The van der Waals surface area contributed by atoms with Crippen molar-refractivity contribution >= 4 is 24.3 Å². The zero-order chi connectivity index (χ0) is 14.8. The molecule has 0 aliphatic heterocycles. The highest BCUT2D eigenvalue weighted by Crippen LogP contribution is 1.99. The molecule has 102 valence electrons. The lowest BCUT2D eigenvalue weighted by Crippen LogP contribution is -2.42. The average molecular weight is 271 g/mol. The lowest BCUT2D eigenvalue weighted by molar-refractivity contribution is -0.125. The number of nitrogens with zero attached hydrogens (tertiary/aromatic N) is 2. The molecule has 0 saturated heterocycles. The maximum absolute atomic E-state index is 11.9. The van der Waals surface area contributed by atoms with Crippen LogP contribution in [0.15, 0.2) is 30.5 Å². The number of carbonyl (C=O) groups excluding carboxylic acids is 3. The molecule has 1 aromatic heterocycles. The molecule has 0 aromatic carbocycles. The van der Waals surface area contributed by atoms with Gasteiger partial charge in [0.05, 0.1) is 12.2 Å². The Morgan fingerprint density at radius 3 is 2.85 bits per heavy atom. The summed E-state index contributed by atoms with van der Waals surface area (Å²) in [5, 5.41) is 2.19. The van der Waals surface area contributed by atoms with E-state index in [1.807, 2.05) is 0 Å². The Labute approximate surface area is 116 Å². The largest absolute Gasteiger partial charge is 0.336 e. The smallest absolute Gasteiger partial charge is 0.301 e. The maximum Gasteiger partial charge on any atom is 0.336 e. The van der Waals surface area contributed by atoms with Crippen LogP contribution in [0.3, 0.4) is 0 Å². The van der Waals surface area contributed by atoms with Crippen LogP contribution in [0.5, 0.6) is 0 Å². The topological polar surface area (TPSA) is 79.4 Å². The number of aldehydes is 1. The molecule has 0 aliphatic carbocycles. The molecule has 0 fully saturated rings. The van der Waals surface area contributed by atoms with Gasteiger partial charge >= 0.3 is 6.03 Å². The fourth-order valence-electron chi connectivity index (χ4n) is 1.25. The predicted molar refractivity (Wildman–Crippen MR) is 73.0 cm³/mol. The van der Waals surface area contributed by atoms with Crippen LogP contribution in [-0.4, -0.2) is 34.7 Å². The fraction of sp³-hybridized carbons (Fsp3) is 0.143. The molecule has 0 atom stereocenters. The summed E-state index contributed by atoms with van der Waals surface area (Å²) in [5.41, 5.74) is 0.570. The number of amides is 3. The highest BCUT2D eigenvalue weighted by atomic mass is 16.2. The number of nitrogens with one attached hydrogen (secondary N) is 1. The summed E-state index contributed by atoms with van der Waals surface area (Å²) in [6, 6.07) is 6.79. The Hall–Kier alpha value is -2.94. The van der Waals surface area contributed by atoms with Gasteiger partial charge in [0, 0.05) is 18.3 Å². The molecule has 3 amide bonds. The van der Waals surface area contributed by atoms with Crippen molar-refractivity contribution in [3.05, 3.63) is 36.2 Å². The van der Waals surface area contributed by atoms with Gasteiger partial charge in [-0.1, -0.05) is 12.0 Å². The molecular weight excluding hydrogens is 258 g/mol. The molecule has 0 bridgehead atoms. The highest BCUT2D eigenvalue weighted by molar-refractivity contribution is 6.03. The number of rotatable bonds is 4. The van der Waals surface area contributed by atoms with E-state index in [1.165, 1.54) is 19.1 Å².